The van der Waals surface area contributed by atoms with Crippen molar-refractivity contribution in [3.8, 4) is 11.5 Å². The summed E-state index contributed by atoms with van der Waals surface area (Å²) in [5.41, 5.74) is 0. The molecule has 1 fully saturated rings. The first-order chi connectivity index (χ1) is 12.0. The fraction of sp³-hybridized carbons (Fsp3) is 0.353. The van der Waals surface area contributed by atoms with Crippen LogP contribution in [0.1, 0.15) is 6.42 Å². The third kappa shape index (κ3) is 3.85. The second kappa shape index (κ2) is 7.28. The minimum atomic E-state index is -3.64. The molecule has 0 radical (unpaired) electrons. The molecule has 0 aliphatic carbocycles. The number of nitrogens with one attached hydrogen (secondary N) is 1. The first-order valence-electron chi connectivity index (χ1n) is 7.94. The van der Waals surface area contributed by atoms with Crippen molar-refractivity contribution in [1.82, 2.24) is 9.71 Å². The molecular formula is C17H21N3O4S. The summed E-state index contributed by atoms with van der Waals surface area (Å²) in [6.45, 7) is 1.35. The number of benzene rings is 1. The van der Waals surface area contributed by atoms with Gasteiger partial charge in [-0.2, -0.15) is 0 Å². The van der Waals surface area contributed by atoms with E-state index in [1.807, 2.05) is 18.2 Å². The van der Waals surface area contributed by atoms with E-state index < -0.39 is 10.0 Å². The van der Waals surface area contributed by atoms with Crippen LogP contribution in [-0.4, -0.2) is 46.8 Å². The first kappa shape index (κ1) is 17.5. The van der Waals surface area contributed by atoms with Crippen LogP contribution in [0, 0.1) is 0 Å². The molecule has 0 spiro atoms. The smallest absolute Gasteiger partial charge is 0.241 e. The van der Waals surface area contributed by atoms with Crippen molar-refractivity contribution in [2.75, 3.05) is 32.2 Å². The van der Waals surface area contributed by atoms with Gasteiger partial charge in [-0.1, -0.05) is 6.07 Å². The van der Waals surface area contributed by atoms with Crippen molar-refractivity contribution >= 4 is 15.8 Å². The highest BCUT2D eigenvalue weighted by Gasteiger charge is 2.28. The molecule has 1 saturated heterocycles. The Kier molecular flexibility index (Phi) is 5.10. The monoisotopic (exact) mass is 363 g/mol. The van der Waals surface area contributed by atoms with E-state index in [0.29, 0.717) is 18.0 Å². The Labute approximate surface area is 147 Å². The Balaban J connectivity index is 1.72. The molecule has 0 bridgehead atoms. The Hall–Kier alpha value is -2.32. The average molecular weight is 363 g/mol. The van der Waals surface area contributed by atoms with Gasteiger partial charge in [-0.3, -0.25) is 0 Å². The molecule has 25 heavy (non-hydrogen) atoms. The second-order valence-electron chi connectivity index (χ2n) is 5.76. The third-order valence-corrected chi connectivity index (χ3v) is 5.67. The maximum absolute atomic E-state index is 12.7. The molecular weight excluding hydrogens is 342 g/mol. The van der Waals surface area contributed by atoms with E-state index in [1.54, 1.807) is 12.3 Å². The van der Waals surface area contributed by atoms with Gasteiger partial charge in [0.15, 0.2) is 11.5 Å². The van der Waals surface area contributed by atoms with Gasteiger partial charge in [0.2, 0.25) is 10.0 Å². The number of anilines is 1. The van der Waals surface area contributed by atoms with Crippen molar-refractivity contribution in [1.29, 1.82) is 0 Å². The fourth-order valence-electron chi connectivity index (χ4n) is 2.88. The van der Waals surface area contributed by atoms with Gasteiger partial charge < -0.3 is 14.4 Å². The van der Waals surface area contributed by atoms with Crippen LogP contribution in [0.4, 0.5) is 5.82 Å². The van der Waals surface area contributed by atoms with Crippen molar-refractivity contribution < 1.29 is 17.9 Å². The molecule has 1 N–H and O–H groups in total. The van der Waals surface area contributed by atoms with Crippen molar-refractivity contribution in [2.24, 2.45) is 0 Å². The molecule has 134 valence electrons. The van der Waals surface area contributed by atoms with Crippen molar-refractivity contribution in [3.05, 3.63) is 42.6 Å². The second-order valence-corrected chi connectivity index (χ2v) is 7.47. The van der Waals surface area contributed by atoms with Gasteiger partial charge in [-0.05, 0) is 30.7 Å². The van der Waals surface area contributed by atoms with E-state index in [1.165, 1.54) is 26.4 Å². The number of pyridine rings is 1. The van der Waals surface area contributed by atoms with Crippen LogP contribution in [0.15, 0.2) is 47.5 Å². The first-order valence-corrected chi connectivity index (χ1v) is 9.42. The Bertz CT molecular complexity index is 827. The summed E-state index contributed by atoms with van der Waals surface area (Å²) in [7, 11) is -0.655. The quantitative estimate of drug-likeness (QED) is 0.841. The molecule has 1 aliphatic heterocycles. The van der Waals surface area contributed by atoms with E-state index in [-0.39, 0.29) is 10.9 Å². The molecule has 1 aromatic carbocycles. The van der Waals surface area contributed by atoms with Crippen molar-refractivity contribution in [2.45, 2.75) is 17.4 Å². The normalized spacial score (nSPS) is 17.5. The van der Waals surface area contributed by atoms with E-state index in [2.05, 4.69) is 14.6 Å². The molecule has 7 nitrogen and oxygen atoms in total. The predicted molar refractivity (Wildman–Crippen MR) is 94.7 cm³/mol. The zero-order valence-corrected chi connectivity index (χ0v) is 15.0. The van der Waals surface area contributed by atoms with Gasteiger partial charge in [0.05, 0.1) is 19.1 Å². The highest BCUT2D eigenvalue weighted by atomic mass is 32.2. The number of nitrogens with zero attached hydrogens (tertiary/aromatic N) is 2. The van der Waals surface area contributed by atoms with Crippen LogP contribution in [0.2, 0.25) is 0 Å². The zero-order chi connectivity index (χ0) is 17.9. The molecule has 1 atom stereocenters. The summed E-state index contributed by atoms with van der Waals surface area (Å²) < 4.78 is 38.4. The fourth-order valence-corrected chi connectivity index (χ4v) is 4.15. The minimum Gasteiger partial charge on any atom is -0.493 e. The molecule has 0 saturated carbocycles. The Morgan fingerprint density at radius 3 is 2.64 bits per heavy atom. The molecule has 8 heteroatoms. The molecule has 2 heterocycles. The summed E-state index contributed by atoms with van der Waals surface area (Å²) >= 11 is 0. The summed E-state index contributed by atoms with van der Waals surface area (Å²) in [5, 5.41) is 0. The van der Waals surface area contributed by atoms with Gasteiger partial charge in [0.25, 0.3) is 0 Å². The summed E-state index contributed by atoms with van der Waals surface area (Å²) in [6.07, 6.45) is 2.46. The molecule has 3 rings (SSSR count). The van der Waals surface area contributed by atoms with Gasteiger partial charge in [-0.25, -0.2) is 18.1 Å². The van der Waals surface area contributed by atoms with E-state index in [4.69, 9.17) is 9.47 Å². The maximum atomic E-state index is 12.7. The zero-order valence-electron chi connectivity index (χ0n) is 14.2. The number of aromatic nitrogens is 1. The molecule has 2 aromatic rings. The average Bonchev–Trinajstić information content (AvgIpc) is 3.09. The van der Waals surface area contributed by atoms with Crippen LogP contribution in [-0.2, 0) is 10.0 Å². The summed E-state index contributed by atoms with van der Waals surface area (Å²) in [6, 6.07) is 10.1. The number of rotatable bonds is 6. The highest BCUT2D eigenvalue weighted by Crippen LogP contribution is 2.29. The lowest BCUT2D eigenvalue weighted by atomic mass is 10.3. The molecule has 0 amide bonds. The summed E-state index contributed by atoms with van der Waals surface area (Å²) in [4.78, 5) is 6.54. The number of ether oxygens (including phenoxy) is 2. The van der Waals surface area contributed by atoms with Crippen molar-refractivity contribution in [3.63, 3.8) is 0 Å². The van der Waals surface area contributed by atoms with Gasteiger partial charge in [0.1, 0.15) is 5.82 Å². The number of hydrogen-bond donors (Lipinski definition) is 1. The van der Waals surface area contributed by atoms with Crippen LogP contribution in [0.25, 0.3) is 0 Å². The number of hydrogen-bond acceptors (Lipinski definition) is 6. The van der Waals surface area contributed by atoms with Crippen LogP contribution in [0.3, 0.4) is 0 Å². The van der Waals surface area contributed by atoms with E-state index in [0.717, 1.165) is 18.8 Å². The van der Waals surface area contributed by atoms with Crippen LogP contribution < -0.4 is 19.1 Å². The van der Waals surface area contributed by atoms with E-state index in [9.17, 15) is 8.42 Å². The van der Waals surface area contributed by atoms with Gasteiger partial charge >= 0.3 is 0 Å². The largest absolute Gasteiger partial charge is 0.493 e. The number of sulfonamides is 1. The molecule has 1 unspecified atom stereocenters. The topological polar surface area (TPSA) is 80.8 Å². The van der Waals surface area contributed by atoms with E-state index >= 15 is 0 Å². The SMILES string of the molecule is COc1ccc(S(=O)(=O)NC2CCN(c3ccccn3)C2)cc1OC. The highest BCUT2D eigenvalue weighted by molar-refractivity contribution is 7.89. The van der Waals surface area contributed by atoms with Gasteiger partial charge in [0, 0.05) is 31.4 Å². The van der Waals surface area contributed by atoms with Crippen LogP contribution >= 0.6 is 0 Å². The molecule has 1 aromatic heterocycles. The lowest BCUT2D eigenvalue weighted by Crippen LogP contribution is -2.37. The molecule has 1 aliphatic rings. The Morgan fingerprint density at radius 1 is 1.16 bits per heavy atom. The van der Waals surface area contributed by atoms with Crippen LogP contribution in [0.5, 0.6) is 11.5 Å². The summed E-state index contributed by atoms with van der Waals surface area (Å²) in [5.74, 6) is 1.73. The maximum Gasteiger partial charge on any atom is 0.241 e. The minimum absolute atomic E-state index is 0.154. The Morgan fingerprint density at radius 2 is 1.96 bits per heavy atom. The standard InChI is InChI=1S/C17H21N3O4S/c1-23-15-7-6-14(11-16(15)24-2)25(21,22)19-13-8-10-20(12-13)17-5-3-4-9-18-17/h3-7,9,11,13,19H,8,10,12H2,1-2H3. The lowest BCUT2D eigenvalue weighted by Gasteiger charge is -2.18. The van der Waals surface area contributed by atoms with Gasteiger partial charge in [-0.15, -0.1) is 0 Å². The number of methoxy groups -OCH3 is 2. The third-order valence-electron chi connectivity index (χ3n) is 4.15. The predicted octanol–water partition coefficient (Wildman–Crippen LogP) is 1.66. The lowest BCUT2D eigenvalue weighted by molar-refractivity contribution is 0.354.